The van der Waals surface area contributed by atoms with Crippen LogP contribution >= 0.6 is 11.8 Å². The molecule has 0 saturated heterocycles. The van der Waals surface area contributed by atoms with Crippen LogP contribution in [0.4, 0.5) is 0 Å². The zero-order valence-corrected chi connectivity index (χ0v) is 19.2. The minimum Gasteiger partial charge on any atom is -0.358 e. The van der Waals surface area contributed by atoms with E-state index in [2.05, 4.69) is 32.6 Å². The summed E-state index contributed by atoms with van der Waals surface area (Å²) in [5.41, 5.74) is 5.22. The molecule has 1 aliphatic heterocycles. The molecule has 6 rings (SSSR count). The van der Waals surface area contributed by atoms with Gasteiger partial charge in [-0.15, -0.1) is 16.9 Å². The van der Waals surface area contributed by atoms with Gasteiger partial charge in [-0.05, 0) is 40.8 Å². The summed E-state index contributed by atoms with van der Waals surface area (Å²) >= 11 is 1.58. The lowest BCUT2D eigenvalue weighted by molar-refractivity contribution is 0.0731. The molecule has 0 aliphatic carbocycles. The molecule has 0 atom stereocenters. The van der Waals surface area contributed by atoms with Gasteiger partial charge >= 0.3 is 0 Å². The number of benzene rings is 3. The Morgan fingerprint density at radius 1 is 0.971 bits per heavy atom. The number of aromatic amines is 1. The van der Waals surface area contributed by atoms with Crippen molar-refractivity contribution in [3.05, 3.63) is 102 Å². The summed E-state index contributed by atoms with van der Waals surface area (Å²) in [7, 11) is 0. The normalized spacial score (nSPS) is 13.2. The topological polar surface area (TPSA) is 79.7 Å². The molecule has 1 amide bonds. The largest absolute Gasteiger partial charge is 0.358 e. The second-order valence-electron chi connectivity index (χ2n) is 8.23. The van der Waals surface area contributed by atoms with Crippen LogP contribution in [-0.4, -0.2) is 42.5 Å². The highest BCUT2D eigenvalue weighted by atomic mass is 32.2. The second kappa shape index (κ2) is 8.79. The SMILES string of the molecule is O=C(c1ccccc1SCc1nnnn1-c1ccccc1)N1CCc2[nH]c3ccccc3c2C1. The maximum atomic E-state index is 13.6. The number of para-hydroxylation sites is 2. The Bertz CT molecular complexity index is 1480. The number of tetrazole rings is 1. The summed E-state index contributed by atoms with van der Waals surface area (Å²) in [4.78, 5) is 20.0. The van der Waals surface area contributed by atoms with Crippen LogP contribution in [0.1, 0.15) is 27.4 Å². The van der Waals surface area contributed by atoms with E-state index in [9.17, 15) is 4.79 Å². The number of amides is 1. The van der Waals surface area contributed by atoms with Crippen molar-refractivity contribution in [1.82, 2.24) is 30.1 Å². The monoisotopic (exact) mass is 466 g/mol. The summed E-state index contributed by atoms with van der Waals surface area (Å²) in [5.74, 6) is 1.35. The van der Waals surface area contributed by atoms with Crippen LogP contribution in [0.25, 0.3) is 16.6 Å². The number of nitrogens with one attached hydrogen (secondary N) is 1. The average molecular weight is 467 g/mol. The van der Waals surface area contributed by atoms with Crippen LogP contribution in [-0.2, 0) is 18.7 Å². The van der Waals surface area contributed by atoms with Crippen molar-refractivity contribution >= 4 is 28.6 Å². The smallest absolute Gasteiger partial charge is 0.255 e. The first kappa shape index (κ1) is 20.7. The molecule has 5 aromatic rings. The number of aromatic nitrogens is 5. The Balaban J connectivity index is 1.23. The highest BCUT2D eigenvalue weighted by Gasteiger charge is 2.26. The Kier molecular flexibility index (Phi) is 5.35. The first-order valence-electron chi connectivity index (χ1n) is 11.2. The molecule has 7 nitrogen and oxygen atoms in total. The van der Waals surface area contributed by atoms with Crippen molar-refractivity contribution in [3.63, 3.8) is 0 Å². The minimum absolute atomic E-state index is 0.0571. The van der Waals surface area contributed by atoms with Crippen molar-refractivity contribution in [3.8, 4) is 5.69 Å². The Labute approximate surface area is 200 Å². The summed E-state index contributed by atoms with van der Waals surface area (Å²) in [5, 5.41) is 13.4. The van der Waals surface area contributed by atoms with Gasteiger partial charge < -0.3 is 9.88 Å². The fraction of sp³-hybridized carbons (Fsp3) is 0.154. The van der Waals surface area contributed by atoms with Crippen LogP contribution in [0, 0.1) is 0 Å². The molecule has 1 N–H and O–H groups in total. The lowest BCUT2D eigenvalue weighted by atomic mass is 10.0. The predicted octanol–water partition coefficient (Wildman–Crippen LogP) is 4.63. The van der Waals surface area contributed by atoms with Crippen molar-refractivity contribution in [1.29, 1.82) is 0 Å². The summed E-state index contributed by atoms with van der Waals surface area (Å²) in [6.07, 6.45) is 0.830. The summed E-state index contributed by atoms with van der Waals surface area (Å²) in [6, 6.07) is 25.9. The molecule has 3 heterocycles. The molecule has 0 spiro atoms. The van der Waals surface area contributed by atoms with E-state index in [1.807, 2.05) is 71.6 Å². The Morgan fingerprint density at radius 3 is 2.68 bits per heavy atom. The molecule has 0 radical (unpaired) electrons. The third-order valence-corrected chi connectivity index (χ3v) is 7.25. The second-order valence-corrected chi connectivity index (χ2v) is 9.25. The van der Waals surface area contributed by atoms with Gasteiger partial charge in [0.1, 0.15) is 0 Å². The van der Waals surface area contributed by atoms with Gasteiger partial charge in [0.05, 0.1) is 17.0 Å². The van der Waals surface area contributed by atoms with E-state index in [1.165, 1.54) is 16.6 Å². The lowest BCUT2D eigenvalue weighted by Gasteiger charge is -2.28. The van der Waals surface area contributed by atoms with Gasteiger partial charge in [0.15, 0.2) is 5.82 Å². The average Bonchev–Trinajstić information content (AvgIpc) is 3.52. The van der Waals surface area contributed by atoms with Crippen LogP contribution in [0.3, 0.4) is 0 Å². The molecule has 8 heteroatoms. The van der Waals surface area contributed by atoms with Crippen molar-refractivity contribution in [2.45, 2.75) is 23.6 Å². The number of fused-ring (bicyclic) bond motifs is 3. The molecule has 34 heavy (non-hydrogen) atoms. The molecular formula is C26H22N6OS. The molecular weight excluding hydrogens is 444 g/mol. The third kappa shape index (κ3) is 3.76. The molecule has 0 saturated carbocycles. The lowest BCUT2D eigenvalue weighted by Crippen LogP contribution is -2.36. The van der Waals surface area contributed by atoms with Crippen LogP contribution in [0.5, 0.6) is 0 Å². The standard InChI is InChI=1S/C26H22N6OS/c33-26(31-15-14-23-21(16-31)19-10-4-6-12-22(19)27-23)20-11-5-7-13-24(20)34-17-25-28-29-30-32(25)18-8-2-1-3-9-18/h1-13,27H,14-17H2. The molecule has 0 bridgehead atoms. The first-order valence-corrected chi connectivity index (χ1v) is 12.2. The maximum Gasteiger partial charge on any atom is 0.255 e. The van der Waals surface area contributed by atoms with Crippen LogP contribution in [0.15, 0.2) is 83.8 Å². The summed E-state index contributed by atoms with van der Waals surface area (Å²) < 4.78 is 1.74. The number of H-pyrrole nitrogens is 1. The number of rotatable bonds is 5. The van der Waals surface area contributed by atoms with Crippen LogP contribution < -0.4 is 0 Å². The first-order chi connectivity index (χ1) is 16.8. The molecule has 0 fully saturated rings. The fourth-order valence-corrected chi connectivity index (χ4v) is 5.44. The maximum absolute atomic E-state index is 13.6. The number of thioether (sulfide) groups is 1. The van der Waals surface area contributed by atoms with Gasteiger partial charge in [0, 0.05) is 46.6 Å². The number of hydrogen-bond acceptors (Lipinski definition) is 5. The van der Waals surface area contributed by atoms with E-state index in [-0.39, 0.29) is 5.91 Å². The molecule has 168 valence electrons. The third-order valence-electron chi connectivity index (χ3n) is 6.18. The quantitative estimate of drug-likeness (QED) is 0.382. The number of carbonyl (C=O) groups excluding carboxylic acids is 1. The number of nitrogens with zero attached hydrogens (tertiary/aromatic N) is 5. The predicted molar refractivity (Wildman–Crippen MR) is 132 cm³/mol. The van der Waals surface area contributed by atoms with Crippen molar-refractivity contribution < 1.29 is 4.79 Å². The van der Waals surface area contributed by atoms with E-state index >= 15 is 0 Å². The number of hydrogen-bond donors (Lipinski definition) is 1. The Morgan fingerprint density at radius 2 is 1.76 bits per heavy atom. The number of carbonyl (C=O) groups is 1. The fourth-order valence-electron chi connectivity index (χ4n) is 4.49. The highest BCUT2D eigenvalue weighted by molar-refractivity contribution is 7.98. The highest BCUT2D eigenvalue weighted by Crippen LogP contribution is 2.31. The van der Waals surface area contributed by atoms with Gasteiger partial charge in [-0.1, -0.05) is 48.5 Å². The van der Waals surface area contributed by atoms with Gasteiger partial charge in [-0.2, -0.15) is 4.68 Å². The molecule has 3 aromatic carbocycles. The Hall–Kier alpha value is -3.91. The van der Waals surface area contributed by atoms with E-state index in [0.29, 0.717) is 18.8 Å². The van der Waals surface area contributed by atoms with Crippen LogP contribution in [0.2, 0.25) is 0 Å². The zero-order valence-electron chi connectivity index (χ0n) is 18.4. The minimum atomic E-state index is 0.0571. The van der Waals surface area contributed by atoms with E-state index in [4.69, 9.17) is 0 Å². The van der Waals surface area contributed by atoms with E-state index in [0.717, 1.165) is 33.9 Å². The van der Waals surface area contributed by atoms with Gasteiger partial charge in [-0.25, -0.2) is 0 Å². The van der Waals surface area contributed by atoms with Crippen molar-refractivity contribution in [2.24, 2.45) is 0 Å². The molecule has 1 aliphatic rings. The van der Waals surface area contributed by atoms with Gasteiger partial charge in [0.25, 0.3) is 5.91 Å². The zero-order chi connectivity index (χ0) is 22.9. The van der Waals surface area contributed by atoms with Crippen molar-refractivity contribution in [2.75, 3.05) is 6.54 Å². The molecule has 0 unspecified atom stereocenters. The summed E-state index contributed by atoms with van der Waals surface area (Å²) in [6.45, 7) is 1.31. The molecule has 2 aromatic heterocycles. The van der Waals surface area contributed by atoms with E-state index in [1.54, 1.807) is 16.4 Å². The van der Waals surface area contributed by atoms with Gasteiger partial charge in [-0.3, -0.25) is 4.79 Å². The van der Waals surface area contributed by atoms with Gasteiger partial charge in [0.2, 0.25) is 0 Å². The van der Waals surface area contributed by atoms with E-state index < -0.39 is 0 Å².